The molecule has 3 aromatic carbocycles. The average Bonchev–Trinajstić information content (AvgIpc) is 2.81. The molecule has 158 valence electrons. The van der Waals surface area contributed by atoms with Crippen molar-refractivity contribution in [2.45, 2.75) is 6.54 Å². The summed E-state index contributed by atoms with van der Waals surface area (Å²) in [5.74, 6) is 1.15. The molecule has 0 bridgehead atoms. The summed E-state index contributed by atoms with van der Waals surface area (Å²) < 4.78 is 7.54. The Morgan fingerprint density at radius 3 is 2.44 bits per heavy atom. The third-order valence-corrected chi connectivity index (χ3v) is 6.71. The first-order valence-corrected chi connectivity index (χ1v) is 11.1. The molecule has 32 heavy (non-hydrogen) atoms. The van der Waals surface area contributed by atoms with Gasteiger partial charge in [-0.05, 0) is 42.0 Å². The lowest BCUT2D eigenvalue weighted by Gasteiger charge is -2.15. The minimum absolute atomic E-state index is 0.0954. The maximum atomic E-state index is 13.7. The van der Waals surface area contributed by atoms with Crippen molar-refractivity contribution in [3.8, 4) is 17.1 Å². The van der Waals surface area contributed by atoms with Crippen LogP contribution in [0.15, 0.2) is 82.4 Å². The van der Waals surface area contributed by atoms with Crippen molar-refractivity contribution >= 4 is 43.2 Å². The number of nitrogens with zero attached hydrogens (tertiary/aromatic N) is 2. The summed E-state index contributed by atoms with van der Waals surface area (Å²) in [5.41, 5.74) is 0.822. The van der Waals surface area contributed by atoms with E-state index in [0.29, 0.717) is 26.6 Å². The van der Waals surface area contributed by atoms with E-state index in [4.69, 9.17) is 21.3 Å². The highest BCUT2D eigenvalue weighted by atomic mass is 35.5. The summed E-state index contributed by atoms with van der Waals surface area (Å²) >= 11 is 7.80. The fourth-order valence-corrected chi connectivity index (χ4v) is 4.95. The SMILES string of the molecule is COc1ccc(Cn2c(-c3ccccc3Cl)nc3sc4ccccc4c(=O)c3c2=O)cc1. The third kappa shape index (κ3) is 3.47. The van der Waals surface area contributed by atoms with Gasteiger partial charge in [0.15, 0.2) is 0 Å². The van der Waals surface area contributed by atoms with Crippen LogP contribution in [-0.4, -0.2) is 16.7 Å². The third-order valence-electron chi connectivity index (χ3n) is 5.32. The number of hydrogen-bond acceptors (Lipinski definition) is 5. The van der Waals surface area contributed by atoms with Crippen molar-refractivity contribution < 1.29 is 4.74 Å². The number of hydrogen-bond donors (Lipinski definition) is 0. The van der Waals surface area contributed by atoms with E-state index in [1.165, 1.54) is 15.9 Å². The molecule has 0 fully saturated rings. The van der Waals surface area contributed by atoms with Gasteiger partial charge in [0.05, 0.1) is 18.7 Å². The topological polar surface area (TPSA) is 61.2 Å². The number of fused-ring (bicyclic) bond motifs is 2. The van der Waals surface area contributed by atoms with Gasteiger partial charge >= 0.3 is 0 Å². The molecule has 0 spiro atoms. The first-order valence-electron chi connectivity index (χ1n) is 9.91. The van der Waals surface area contributed by atoms with Crippen molar-refractivity contribution in [2.75, 3.05) is 7.11 Å². The van der Waals surface area contributed by atoms with Crippen molar-refractivity contribution in [3.63, 3.8) is 0 Å². The largest absolute Gasteiger partial charge is 0.497 e. The van der Waals surface area contributed by atoms with Gasteiger partial charge < -0.3 is 4.74 Å². The quantitative estimate of drug-likeness (QED) is 0.339. The fourth-order valence-electron chi connectivity index (χ4n) is 3.69. The second-order valence-corrected chi connectivity index (χ2v) is 8.70. The average molecular weight is 461 g/mol. The van der Waals surface area contributed by atoms with Gasteiger partial charge in [-0.2, -0.15) is 0 Å². The first kappa shape index (κ1) is 20.4. The molecule has 0 unspecified atom stereocenters. The van der Waals surface area contributed by atoms with Crippen LogP contribution >= 0.6 is 22.9 Å². The predicted octanol–water partition coefficient (Wildman–Crippen LogP) is 5.35. The van der Waals surface area contributed by atoms with E-state index in [2.05, 4.69) is 0 Å². The van der Waals surface area contributed by atoms with Gasteiger partial charge in [-0.1, -0.05) is 48.0 Å². The maximum absolute atomic E-state index is 13.7. The number of methoxy groups -OCH3 is 1. The first-order chi connectivity index (χ1) is 15.6. The maximum Gasteiger partial charge on any atom is 0.266 e. The van der Waals surface area contributed by atoms with Crippen LogP contribution in [0.5, 0.6) is 5.75 Å². The van der Waals surface area contributed by atoms with Crippen LogP contribution in [0.1, 0.15) is 5.56 Å². The number of ether oxygens (including phenoxy) is 1. The molecule has 0 aliphatic carbocycles. The Bertz CT molecular complexity index is 1590. The highest BCUT2D eigenvalue weighted by Crippen LogP contribution is 2.29. The van der Waals surface area contributed by atoms with Crippen LogP contribution in [0.3, 0.4) is 0 Å². The Labute approximate surface area is 192 Å². The van der Waals surface area contributed by atoms with Gasteiger partial charge in [0.1, 0.15) is 21.8 Å². The van der Waals surface area contributed by atoms with Crippen LogP contribution in [0.4, 0.5) is 0 Å². The van der Waals surface area contributed by atoms with E-state index in [9.17, 15) is 9.59 Å². The van der Waals surface area contributed by atoms with Gasteiger partial charge in [0.25, 0.3) is 5.56 Å². The zero-order valence-electron chi connectivity index (χ0n) is 17.0. The summed E-state index contributed by atoms with van der Waals surface area (Å²) in [6.45, 7) is 0.239. The summed E-state index contributed by atoms with van der Waals surface area (Å²) in [7, 11) is 1.60. The molecule has 2 heterocycles. The Morgan fingerprint density at radius 1 is 0.969 bits per heavy atom. The summed E-state index contributed by atoms with van der Waals surface area (Å²) in [5, 5.41) is 1.10. The predicted molar refractivity (Wildman–Crippen MR) is 130 cm³/mol. The number of halogens is 1. The molecule has 0 saturated carbocycles. The normalized spacial score (nSPS) is 11.2. The van der Waals surface area contributed by atoms with E-state index >= 15 is 0 Å². The van der Waals surface area contributed by atoms with E-state index < -0.39 is 0 Å². The van der Waals surface area contributed by atoms with Gasteiger partial charge in [0.2, 0.25) is 5.43 Å². The lowest BCUT2D eigenvalue weighted by Crippen LogP contribution is -2.27. The molecule has 0 saturated heterocycles. The highest BCUT2D eigenvalue weighted by molar-refractivity contribution is 7.24. The standard InChI is InChI=1S/C25H17ClN2O3S/c1-31-16-12-10-15(11-13-16)14-28-23(17-6-2-4-8-19(17)26)27-24-21(25(28)30)22(29)18-7-3-5-9-20(18)32-24/h2-13H,14H2,1H3. The zero-order chi connectivity index (χ0) is 22.2. The van der Waals surface area contributed by atoms with Crippen LogP contribution < -0.4 is 15.7 Å². The van der Waals surface area contributed by atoms with E-state index in [1.54, 1.807) is 25.3 Å². The van der Waals surface area contributed by atoms with Crippen LogP contribution in [0.25, 0.3) is 31.7 Å². The van der Waals surface area contributed by atoms with Crippen LogP contribution in [0.2, 0.25) is 5.02 Å². The molecule has 7 heteroatoms. The monoisotopic (exact) mass is 460 g/mol. The van der Waals surface area contributed by atoms with Crippen molar-refractivity contribution in [2.24, 2.45) is 0 Å². The van der Waals surface area contributed by atoms with Crippen LogP contribution in [0, 0.1) is 0 Å². The fraction of sp³-hybridized carbons (Fsp3) is 0.0800. The molecule has 5 aromatic rings. The Balaban J connectivity index is 1.83. The minimum Gasteiger partial charge on any atom is -0.497 e. The van der Waals surface area contributed by atoms with Gasteiger partial charge in [0, 0.05) is 15.6 Å². The Hall–Kier alpha value is -3.48. The smallest absolute Gasteiger partial charge is 0.266 e. The van der Waals surface area contributed by atoms with Gasteiger partial charge in [-0.15, -0.1) is 11.3 Å². The Kier molecular flexibility index (Phi) is 5.25. The lowest BCUT2D eigenvalue weighted by molar-refractivity contribution is 0.414. The summed E-state index contributed by atoms with van der Waals surface area (Å²) in [4.78, 5) is 32.1. The molecule has 2 aromatic heterocycles. The molecule has 0 aliphatic rings. The minimum atomic E-state index is -0.382. The molecule has 0 N–H and O–H groups in total. The lowest BCUT2D eigenvalue weighted by atomic mass is 10.1. The molecule has 0 atom stereocenters. The molecular weight excluding hydrogens is 444 g/mol. The summed E-state index contributed by atoms with van der Waals surface area (Å²) in [6.07, 6.45) is 0. The number of aromatic nitrogens is 2. The Morgan fingerprint density at radius 2 is 1.69 bits per heavy atom. The molecule has 0 aliphatic heterocycles. The van der Waals surface area contributed by atoms with Crippen LogP contribution in [-0.2, 0) is 6.54 Å². The van der Waals surface area contributed by atoms with Gasteiger partial charge in [-0.3, -0.25) is 14.2 Å². The molecule has 5 rings (SSSR count). The second kappa shape index (κ2) is 8.22. The summed E-state index contributed by atoms with van der Waals surface area (Å²) in [6, 6.07) is 21.9. The van der Waals surface area contributed by atoms with E-state index in [0.717, 1.165) is 16.0 Å². The zero-order valence-corrected chi connectivity index (χ0v) is 18.6. The number of rotatable bonds is 4. The number of benzene rings is 3. The van der Waals surface area contributed by atoms with Crippen molar-refractivity contribution in [1.82, 2.24) is 9.55 Å². The molecule has 0 radical (unpaired) electrons. The molecular formula is C25H17ClN2O3S. The van der Waals surface area contributed by atoms with E-state index in [-0.39, 0.29) is 22.9 Å². The second-order valence-electron chi connectivity index (χ2n) is 7.26. The van der Waals surface area contributed by atoms with Crippen molar-refractivity contribution in [1.29, 1.82) is 0 Å². The van der Waals surface area contributed by atoms with Gasteiger partial charge in [-0.25, -0.2) is 4.98 Å². The molecule has 5 nitrogen and oxygen atoms in total. The van der Waals surface area contributed by atoms with Crippen molar-refractivity contribution in [3.05, 3.63) is 104 Å². The van der Waals surface area contributed by atoms with E-state index in [1.807, 2.05) is 54.6 Å². The molecule has 0 amide bonds. The highest BCUT2D eigenvalue weighted by Gasteiger charge is 2.19.